The number of nitrogens with zero attached hydrogens (tertiary/aromatic N) is 3. The Labute approximate surface area is 120 Å². The number of nitrogens with two attached hydrogens (primary N) is 1. The zero-order chi connectivity index (χ0) is 14.9. The molecule has 0 aliphatic carbocycles. The monoisotopic (exact) mass is 305 g/mol. The van der Waals surface area contributed by atoms with Crippen LogP contribution in [0.3, 0.4) is 0 Å². The molecular formula is C12H13N6O2S+. The topological polar surface area (TPSA) is 117 Å². The number of H-pyrrole nitrogens is 1. The van der Waals surface area contributed by atoms with Gasteiger partial charge in [-0.1, -0.05) is 6.07 Å². The van der Waals surface area contributed by atoms with Crippen LogP contribution in [-0.2, 0) is 16.6 Å². The van der Waals surface area contributed by atoms with E-state index >= 15 is 0 Å². The number of anilines is 1. The van der Waals surface area contributed by atoms with Gasteiger partial charge in [-0.2, -0.15) is 0 Å². The van der Waals surface area contributed by atoms with Gasteiger partial charge >= 0.3 is 0 Å². The van der Waals surface area contributed by atoms with E-state index in [1.54, 1.807) is 6.07 Å². The average molecular weight is 305 g/mol. The molecule has 3 rings (SSSR count). The smallest absolute Gasteiger partial charge is 0.272 e. The molecule has 0 aromatic carbocycles. The largest absolute Gasteiger partial charge is 0.283 e. The predicted octanol–water partition coefficient (Wildman–Crippen LogP) is -0.197. The SMILES string of the molecule is NS(=O)(=O)c1ccc(NCc2nnc3ccccn23)[nH+]c1. The fourth-order valence-corrected chi connectivity index (χ4v) is 2.36. The zero-order valence-corrected chi connectivity index (χ0v) is 11.7. The van der Waals surface area contributed by atoms with E-state index in [9.17, 15) is 8.42 Å². The first-order chi connectivity index (χ1) is 10.0. The molecule has 0 bridgehead atoms. The van der Waals surface area contributed by atoms with E-state index in [0.29, 0.717) is 12.4 Å². The fourth-order valence-electron chi connectivity index (χ4n) is 1.88. The molecule has 3 aromatic rings. The summed E-state index contributed by atoms with van der Waals surface area (Å²) in [5.41, 5.74) is 0.767. The van der Waals surface area contributed by atoms with Crippen molar-refractivity contribution in [1.82, 2.24) is 14.6 Å². The lowest BCUT2D eigenvalue weighted by molar-refractivity contribution is -0.364. The van der Waals surface area contributed by atoms with Gasteiger partial charge < -0.3 is 0 Å². The third-order valence-corrected chi connectivity index (χ3v) is 3.85. The van der Waals surface area contributed by atoms with Crippen LogP contribution in [0.1, 0.15) is 5.82 Å². The quantitative estimate of drug-likeness (QED) is 0.692. The number of aromatic amines is 1. The van der Waals surface area contributed by atoms with Crippen molar-refractivity contribution in [3.63, 3.8) is 0 Å². The second kappa shape index (κ2) is 5.11. The zero-order valence-electron chi connectivity index (χ0n) is 10.9. The highest BCUT2D eigenvalue weighted by atomic mass is 32.2. The lowest BCUT2D eigenvalue weighted by Gasteiger charge is -2.00. The van der Waals surface area contributed by atoms with Crippen LogP contribution in [0.2, 0.25) is 0 Å². The highest BCUT2D eigenvalue weighted by Crippen LogP contribution is 2.07. The van der Waals surface area contributed by atoms with Crippen LogP contribution >= 0.6 is 0 Å². The molecular weight excluding hydrogens is 292 g/mol. The van der Waals surface area contributed by atoms with Gasteiger partial charge in [-0.3, -0.25) is 9.72 Å². The second-order valence-electron chi connectivity index (χ2n) is 4.38. The molecule has 21 heavy (non-hydrogen) atoms. The summed E-state index contributed by atoms with van der Waals surface area (Å²) in [7, 11) is -3.69. The van der Waals surface area contributed by atoms with E-state index in [0.717, 1.165) is 11.5 Å². The third kappa shape index (κ3) is 2.83. The fraction of sp³-hybridized carbons (Fsp3) is 0.0833. The first-order valence-corrected chi connectivity index (χ1v) is 7.66. The average Bonchev–Trinajstić information content (AvgIpc) is 2.88. The van der Waals surface area contributed by atoms with Gasteiger partial charge in [0.25, 0.3) is 5.82 Å². The van der Waals surface area contributed by atoms with Gasteiger partial charge in [-0.15, -0.1) is 10.2 Å². The van der Waals surface area contributed by atoms with Crippen LogP contribution in [0.25, 0.3) is 5.65 Å². The van der Waals surface area contributed by atoms with Crippen molar-refractivity contribution in [2.75, 3.05) is 5.32 Å². The van der Waals surface area contributed by atoms with E-state index in [-0.39, 0.29) is 4.90 Å². The molecule has 0 saturated heterocycles. The van der Waals surface area contributed by atoms with E-state index in [1.807, 2.05) is 28.8 Å². The molecule has 4 N–H and O–H groups in total. The standard InChI is InChI=1S/C12H12N6O2S/c13-21(19,20)9-4-5-10(14-7-9)15-8-12-17-16-11-3-1-2-6-18(11)12/h1-7H,8H2,(H,14,15)(H2,13,19,20)/p+1. The highest BCUT2D eigenvalue weighted by molar-refractivity contribution is 7.89. The van der Waals surface area contributed by atoms with Crippen LogP contribution in [0.5, 0.6) is 0 Å². The minimum absolute atomic E-state index is 0.0287. The number of aromatic nitrogens is 4. The van der Waals surface area contributed by atoms with Gasteiger partial charge in [0.05, 0.1) is 0 Å². The summed E-state index contributed by atoms with van der Waals surface area (Å²) in [6.45, 7) is 0.441. The molecule has 108 valence electrons. The van der Waals surface area contributed by atoms with Crippen LogP contribution in [0, 0.1) is 0 Å². The molecule has 0 atom stereocenters. The molecule has 0 aliphatic rings. The van der Waals surface area contributed by atoms with Crippen molar-refractivity contribution < 1.29 is 13.4 Å². The van der Waals surface area contributed by atoms with Crippen molar-refractivity contribution in [3.8, 4) is 0 Å². The third-order valence-electron chi connectivity index (χ3n) is 2.93. The van der Waals surface area contributed by atoms with Crippen molar-refractivity contribution in [3.05, 3.63) is 48.5 Å². The van der Waals surface area contributed by atoms with Gasteiger partial charge in [0, 0.05) is 12.3 Å². The Hall–Kier alpha value is -2.52. The molecule has 0 radical (unpaired) electrons. The number of primary sulfonamides is 1. The lowest BCUT2D eigenvalue weighted by atomic mass is 10.4. The Morgan fingerprint density at radius 1 is 1.24 bits per heavy atom. The van der Waals surface area contributed by atoms with Crippen LogP contribution in [0.4, 0.5) is 5.82 Å². The number of hydrogen-bond acceptors (Lipinski definition) is 5. The van der Waals surface area contributed by atoms with Gasteiger partial charge in [-0.25, -0.2) is 18.5 Å². The minimum atomic E-state index is -3.69. The number of hydrogen-bond donors (Lipinski definition) is 2. The summed E-state index contributed by atoms with van der Waals surface area (Å²) in [5, 5.41) is 16.3. The molecule has 8 nitrogen and oxygen atoms in total. The molecule has 0 aliphatic heterocycles. The Balaban J connectivity index is 1.76. The van der Waals surface area contributed by atoms with Crippen molar-refractivity contribution in [1.29, 1.82) is 0 Å². The summed E-state index contributed by atoms with van der Waals surface area (Å²) in [6.07, 6.45) is 3.21. The maximum atomic E-state index is 11.2. The maximum absolute atomic E-state index is 11.2. The van der Waals surface area contributed by atoms with Crippen LogP contribution in [-0.4, -0.2) is 23.0 Å². The molecule has 0 fully saturated rings. The van der Waals surface area contributed by atoms with E-state index in [2.05, 4.69) is 20.5 Å². The number of fused-ring (bicyclic) bond motifs is 1. The summed E-state index contributed by atoms with van der Waals surface area (Å²) >= 11 is 0. The molecule has 0 unspecified atom stereocenters. The molecule has 0 spiro atoms. The van der Waals surface area contributed by atoms with Crippen molar-refractivity contribution in [2.24, 2.45) is 5.14 Å². The molecule has 9 heteroatoms. The van der Waals surface area contributed by atoms with Gasteiger partial charge in [-0.05, 0) is 18.2 Å². The number of sulfonamides is 1. The van der Waals surface area contributed by atoms with Gasteiger partial charge in [0.2, 0.25) is 10.0 Å². The minimum Gasteiger partial charge on any atom is -0.283 e. The lowest BCUT2D eigenvalue weighted by Crippen LogP contribution is -2.18. The highest BCUT2D eigenvalue weighted by Gasteiger charge is 2.12. The Kier molecular flexibility index (Phi) is 3.28. The van der Waals surface area contributed by atoms with Crippen molar-refractivity contribution >= 4 is 21.5 Å². The first kappa shape index (κ1) is 13.5. The van der Waals surface area contributed by atoms with E-state index in [1.165, 1.54) is 12.3 Å². The Bertz CT molecular complexity index is 872. The number of rotatable bonds is 4. The van der Waals surface area contributed by atoms with Gasteiger partial charge in [0.15, 0.2) is 11.5 Å². The van der Waals surface area contributed by atoms with E-state index in [4.69, 9.17) is 5.14 Å². The van der Waals surface area contributed by atoms with Crippen molar-refractivity contribution in [2.45, 2.75) is 11.4 Å². The maximum Gasteiger partial charge on any atom is 0.272 e. The summed E-state index contributed by atoms with van der Waals surface area (Å²) in [6, 6.07) is 8.68. The normalized spacial score (nSPS) is 11.7. The van der Waals surface area contributed by atoms with Crippen LogP contribution < -0.4 is 15.4 Å². The molecule has 3 heterocycles. The summed E-state index contributed by atoms with van der Waals surface area (Å²) in [4.78, 5) is 2.86. The molecule has 0 amide bonds. The summed E-state index contributed by atoms with van der Waals surface area (Å²) < 4.78 is 24.2. The second-order valence-corrected chi connectivity index (χ2v) is 5.94. The molecule has 0 saturated carbocycles. The Morgan fingerprint density at radius 2 is 2.10 bits per heavy atom. The van der Waals surface area contributed by atoms with Crippen LogP contribution in [0.15, 0.2) is 47.6 Å². The number of pyridine rings is 2. The Morgan fingerprint density at radius 3 is 2.81 bits per heavy atom. The first-order valence-electron chi connectivity index (χ1n) is 6.11. The molecule has 3 aromatic heterocycles. The van der Waals surface area contributed by atoms with Gasteiger partial charge in [0.1, 0.15) is 17.6 Å². The predicted molar refractivity (Wildman–Crippen MR) is 74.7 cm³/mol. The van der Waals surface area contributed by atoms with E-state index < -0.39 is 10.0 Å². The number of nitrogens with one attached hydrogen (secondary N) is 2. The summed E-state index contributed by atoms with van der Waals surface area (Å²) in [5.74, 6) is 1.39.